The van der Waals surface area contributed by atoms with Crippen molar-refractivity contribution in [3.8, 4) is 0 Å². The number of methoxy groups -OCH3 is 1. The van der Waals surface area contributed by atoms with E-state index in [1.807, 2.05) is 0 Å². The highest BCUT2D eigenvalue weighted by Gasteiger charge is 2.04. The van der Waals surface area contributed by atoms with Gasteiger partial charge in [-0.3, -0.25) is 4.79 Å². The molecule has 0 aliphatic rings. The molecule has 0 amide bonds. The van der Waals surface area contributed by atoms with Gasteiger partial charge in [-0.05, 0) is 19.3 Å². The van der Waals surface area contributed by atoms with Crippen LogP contribution in [0.15, 0.2) is 0 Å². The van der Waals surface area contributed by atoms with Gasteiger partial charge in [0.15, 0.2) is 0 Å². The SMILES string of the molecule is CCCCCCCCCC(O)CCCCCCCCCCC(=O)OC. The molecule has 0 heterocycles. The smallest absolute Gasteiger partial charge is 0.305 e. The van der Waals surface area contributed by atoms with Gasteiger partial charge in [-0.25, -0.2) is 0 Å². The molecule has 0 spiro atoms. The summed E-state index contributed by atoms with van der Waals surface area (Å²) >= 11 is 0. The minimum absolute atomic E-state index is 0.0750. The molecule has 0 bridgehead atoms. The van der Waals surface area contributed by atoms with E-state index in [1.165, 1.54) is 90.6 Å². The third kappa shape index (κ3) is 19.6. The van der Waals surface area contributed by atoms with Crippen molar-refractivity contribution in [2.24, 2.45) is 0 Å². The number of aliphatic hydroxyl groups excluding tert-OH is 1. The Hall–Kier alpha value is -0.570. The zero-order chi connectivity index (χ0) is 18.6. The monoisotopic (exact) mass is 356 g/mol. The molecule has 150 valence electrons. The van der Waals surface area contributed by atoms with Gasteiger partial charge in [-0.2, -0.15) is 0 Å². The van der Waals surface area contributed by atoms with Crippen LogP contribution < -0.4 is 0 Å². The minimum Gasteiger partial charge on any atom is -0.469 e. The van der Waals surface area contributed by atoms with Crippen LogP contribution in [-0.4, -0.2) is 24.3 Å². The second kappa shape index (κ2) is 19.8. The van der Waals surface area contributed by atoms with Gasteiger partial charge in [0, 0.05) is 6.42 Å². The highest BCUT2D eigenvalue weighted by atomic mass is 16.5. The van der Waals surface area contributed by atoms with Crippen LogP contribution in [0.3, 0.4) is 0 Å². The van der Waals surface area contributed by atoms with Crippen LogP contribution >= 0.6 is 0 Å². The topological polar surface area (TPSA) is 46.5 Å². The predicted octanol–water partition coefficient (Wildman–Crippen LogP) is 6.56. The Bertz CT molecular complexity index is 278. The summed E-state index contributed by atoms with van der Waals surface area (Å²) in [6, 6.07) is 0. The number of carbonyl (C=O) groups is 1. The summed E-state index contributed by atoms with van der Waals surface area (Å²) in [4.78, 5) is 11.0. The lowest BCUT2D eigenvalue weighted by molar-refractivity contribution is -0.140. The largest absolute Gasteiger partial charge is 0.469 e. The maximum Gasteiger partial charge on any atom is 0.305 e. The van der Waals surface area contributed by atoms with Crippen LogP contribution in [0.1, 0.15) is 122 Å². The van der Waals surface area contributed by atoms with Gasteiger partial charge in [0.05, 0.1) is 13.2 Å². The van der Waals surface area contributed by atoms with Gasteiger partial charge < -0.3 is 9.84 Å². The number of hydrogen-bond donors (Lipinski definition) is 1. The van der Waals surface area contributed by atoms with E-state index < -0.39 is 0 Å². The first-order chi connectivity index (χ1) is 12.2. The zero-order valence-corrected chi connectivity index (χ0v) is 17.1. The van der Waals surface area contributed by atoms with E-state index in [4.69, 9.17) is 0 Å². The van der Waals surface area contributed by atoms with Crippen LogP contribution in [0.25, 0.3) is 0 Å². The van der Waals surface area contributed by atoms with Crippen LogP contribution in [0.4, 0.5) is 0 Å². The molecule has 0 aromatic heterocycles. The third-order valence-electron chi connectivity index (χ3n) is 5.04. The molecule has 0 saturated heterocycles. The number of esters is 1. The third-order valence-corrected chi connectivity index (χ3v) is 5.04. The highest BCUT2D eigenvalue weighted by molar-refractivity contribution is 5.68. The molecule has 1 atom stereocenters. The Morgan fingerprint density at radius 2 is 1.12 bits per heavy atom. The summed E-state index contributed by atoms with van der Waals surface area (Å²) in [6.45, 7) is 2.25. The van der Waals surface area contributed by atoms with E-state index in [9.17, 15) is 9.90 Å². The van der Waals surface area contributed by atoms with Gasteiger partial charge in [-0.1, -0.05) is 96.8 Å². The van der Waals surface area contributed by atoms with E-state index in [0.29, 0.717) is 6.42 Å². The number of hydrogen-bond acceptors (Lipinski definition) is 3. The molecular formula is C22H44O3. The Labute approximate surface area is 156 Å². The standard InChI is InChI=1S/C22H44O3/c1-3-4-5-6-9-12-15-18-21(23)19-16-13-10-7-8-11-14-17-20-22(24)25-2/h21,23H,3-20H2,1-2H3. The molecule has 1 N–H and O–H groups in total. The molecule has 0 aliphatic carbocycles. The van der Waals surface area contributed by atoms with E-state index in [2.05, 4.69) is 11.7 Å². The number of aliphatic hydroxyl groups is 1. The molecule has 0 fully saturated rings. The molecule has 0 radical (unpaired) electrons. The fourth-order valence-electron chi connectivity index (χ4n) is 3.29. The van der Waals surface area contributed by atoms with Gasteiger partial charge in [0.25, 0.3) is 0 Å². The van der Waals surface area contributed by atoms with Crippen molar-refractivity contribution in [2.75, 3.05) is 7.11 Å². The summed E-state index contributed by atoms with van der Waals surface area (Å²) in [5, 5.41) is 10.0. The summed E-state index contributed by atoms with van der Waals surface area (Å²) < 4.78 is 4.63. The van der Waals surface area contributed by atoms with Gasteiger partial charge >= 0.3 is 5.97 Å². The maximum absolute atomic E-state index is 11.0. The van der Waals surface area contributed by atoms with Crippen molar-refractivity contribution in [1.29, 1.82) is 0 Å². The van der Waals surface area contributed by atoms with Crippen molar-refractivity contribution in [2.45, 2.75) is 129 Å². The van der Waals surface area contributed by atoms with Crippen molar-refractivity contribution >= 4 is 5.97 Å². The Morgan fingerprint density at radius 1 is 0.720 bits per heavy atom. The van der Waals surface area contributed by atoms with E-state index in [0.717, 1.165) is 25.7 Å². The number of unbranched alkanes of at least 4 members (excludes halogenated alkanes) is 13. The average Bonchev–Trinajstić information content (AvgIpc) is 2.62. The molecule has 0 aromatic rings. The van der Waals surface area contributed by atoms with Crippen LogP contribution in [-0.2, 0) is 9.53 Å². The lowest BCUT2D eigenvalue weighted by atomic mass is 10.0. The Balaban J connectivity index is 3.17. The Morgan fingerprint density at radius 3 is 1.56 bits per heavy atom. The zero-order valence-electron chi connectivity index (χ0n) is 17.1. The highest BCUT2D eigenvalue weighted by Crippen LogP contribution is 2.15. The Kier molecular flexibility index (Phi) is 19.3. The van der Waals surface area contributed by atoms with E-state index in [1.54, 1.807) is 0 Å². The molecule has 3 nitrogen and oxygen atoms in total. The lowest BCUT2D eigenvalue weighted by Gasteiger charge is -2.10. The van der Waals surface area contributed by atoms with E-state index >= 15 is 0 Å². The molecule has 0 rings (SSSR count). The van der Waals surface area contributed by atoms with Crippen molar-refractivity contribution in [1.82, 2.24) is 0 Å². The molecule has 3 heteroatoms. The molecule has 25 heavy (non-hydrogen) atoms. The summed E-state index contributed by atoms with van der Waals surface area (Å²) in [7, 11) is 1.45. The van der Waals surface area contributed by atoms with Crippen molar-refractivity contribution in [3.63, 3.8) is 0 Å². The normalized spacial score (nSPS) is 12.3. The molecule has 0 aliphatic heterocycles. The molecule has 0 aromatic carbocycles. The second-order valence-corrected chi connectivity index (χ2v) is 7.51. The summed E-state index contributed by atoms with van der Waals surface area (Å²) in [5.74, 6) is -0.0879. The van der Waals surface area contributed by atoms with Crippen LogP contribution in [0.5, 0.6) is 0 Å². The first-order valence-corrected chi connectivity index (χ1v) is 11.0. The van der Waals surface area contributed by atoms with Crippen molar-refractivity contribution < 1.29 is 14.6 Å². The maximum atomic E-state index is 11.0. The average molecular weight is 357 g/mol. The molecule has 0 saturated carbocycles. The lowest BCUT2D eigenvalue weighted by Crippen LogP contribution is -2.05. The fraction of sp³-hybridized carbons (Fsp3) is 0.955. The predicted molar refractivity (Wildman–Crippen MR) is 107 cm³/mol. The number of carbonyl (C=O) groups excluding carboxylic acids is 1. The first kappa shape index (κ1) is 24.4. The number of rotatable bonds is 19. The molecular weight excluding hydrogens is 312 g/mol. The van der Waals surface area contributed by atoms with Crippen LogP contribution in [0.2, 0.25) is 0 Å². The molecule has 1 unspecified atom stereocenters. The summed E-state index contributed by atoms with van der Waals surface area (Å²) in [5.41, 5.74) is 0. The van der Waals surface area contributed by atoms with Gasteiger partial charge in [0.1, 0.15) is 0 Å². The quantitative estimate of drug-likeness (QED) is 0.210. The van der Waals surface area contributed by atoms with Gasteiger partial charge in [0.2, 0.25) is 0 Å². The van der Waals surface area contributed by atoms with E-state index in [-0.39, 0.29) is 12.1 Å². The second-order valence-electron chi connectivity index (χ2n) is 7.51. The number of ether oxygens (including phenoxy) is 1. The summed E-state index contributed by atoms with van der Waals surface area (Å²) in [6.07, 6.45) is 21.3. The van der Waals surface area contributed by atoms with Crippen LogP contribution in [0, 0.1) is 0 Å². The van der Waals surface area contributed by atoms with Crippen molar-refractivity contribution in [3.05, 3.63) is 0 Å². The first-order valence-electron chi connectivity index (χ1n) is 11.0. The fourth-order valence-corrected chi connectivity index (χ4v) is 3.29. The van der Waals surface area contributed by atoms with Gasteiger partial charge in [-0.15, -0.1) is 0 Å². The minimum atomic E-state index is -0.0879.